The van der Waals surface area contributed by atoms with Crippen molar-refractivity contribution in [2.24, 2.45) is 0 Å². The molecule has 1 aromatic carbocycles. The predicted octanol–water partition coefficient (Wildman–Crippen LogP) is 4.36. The van der Waals surface area contributed by atoms with Gasteiger partial charge in [0.2, 0.25) is 11.8 Å². The Kier molecular flexibility index (Phi) is 6.70. The summed E-state index contributed by atoms with van der Waals surface area (Å²) in [6.07, 6.45) is 11.2. The highest BCUT2D eigenvalue weighted by Crippen LogP contribution is 2.31. The maximum atomic E-state index is 13.3. The number of benzene rings is 1. The van der Waals surface area contributed by atoms with Crippen LogP contribution in [0.5, 0.6) is 0 Å². The summed E-state index contributed by atoms with van der Waals surface area (Å²) in [5.41, 5.74) is 0.918. The Hall–Kier alpha value is -1.84. The van der Waals surface area contributed by atoms with Crippen LogP contribution in [0.1, 0.15) is 82.7 Å². The highest BCUT2D eigenvalue weighted by molar-refractivity contribution is 5.88. The second-order valence-corrected chi connectivity index (χ2v) is 7.87. The van der Waals surface area contributed by atoms with Crippen LogP contribution < -0.4 is 5.32 Å². The summed E-state index contributed by atoms with van der Waals surface area (Å²) in [6.45, 7) is 1.61. The molecule has 0 saturated heterocycles. The normalized spacial score (nSPS) is 20.3. The van der Waals surface area contributed by atoms with Gasteiger partial charge in [0.25, 0.3) is 0 Å². The van der Waals surface area contributed by atoms with Gasteiger partial charge in [-0.1, -0.05) is 68.9 Å². The smallest absolute Gasteiger partial charge is 0.247 e. The first kappa shape index (κ1) is 18.9. The van der Waals surface area contributed by atoms with Crippen molar-refractivity contribution in [1.82, 2.24) is 10.2 Å². The highest BCUT2D eigenvalue weighted by atomic mass is 16.2. The van der Waals surface area contributed by atoms with E-state index in [1.54, 1.807) is 6.92 Å². The van der Waals surface area contributed by atoms with Gasteiger partial charge in [0, 0.05) is 19.0 Å². The molecule has 2 amide bonds. The molecule has 0 aromatic heterocycles. The lowest BCUT2D eigenvalue weighted by atomic mass is 9.91. The van der Waals surface area contributed by atoms with Crippen molar-refractivity contribution in [1.29, 1.82) is 0 Å². The van der Waals surface area contributed by atoms with Gasteiger partial charge in [0.1, 0.15) is 6.04 Å². The fourth-order valence-electron chi connectivity index (χ4n) is 4.61. The molecule has 2 aliphatic rings. The molecule has 2 fully saturated rings. The van der Waals surface area contributed by atoms with Gasteiger partial charge in [-0.15, -0.1) is 0 Å². The zero-order valence-electron chi connectivity index (χ0n) is 16.0. The monoisotopic (exact) mass is 356 g/mol. The summed E-state index contributed by atoms with van der Waals surface area (Å²) < 4.78 is 0. The molecular formula is C22H32N2O2. The van der Waals surface area contributed by atoms with E-state index in [0.717, 1.165) is 44.1 Å². The van der Waals surface area contributed by atoms with Gasteiger partial charge in [-0.3, -0.25) is 9.59 Å². The van der Waals surface area contributed by atoms with Crippen LogP contribution in [0.4, 0.5) is 0 Å². The lowest BCUT2D eigenvalue weighted by molar-refractivity contribution is -0.143. The van der Waals surface area contributed by atoms with Crippen LogP contribution >= 0.6 is 0 Å². The van der Waals surface area contributed by atoms with E-state index >= 15 is 0 Å². The number of amides is 2. The van der Waals surface area contributed by atoms with Crippen LogP contribution in [0.25, 0.3) is 0 Å². The third-order valence-electron chi connectivity index (χ3n) is 5.93. The van der Waals surface area contributed by atoms with Crippen molar-refractivity contribution in [3.05, 3.63) is 35.9 Å². The Morgan fingerprint density at radius 1 is 0.923 bits per heavy atom. The predicted molar refractivity (Wildman–Crippen MR) is 104 cm³/mol. The minimum atomic E-state index is -0.515. The molecule has 0 aliphatic heterocycles. The van der Waals surface area contributed by atoms with Crippen molar-refractivity contribution in [3.63, 3.8) is 0 Å². The van der Waals surface area contributed by atoms with Gasteiger partial charge in [-0.05, 0) is 31.2 Å². The molecule has 4 nitrogen and oxygen atoms in total. The summed E-state index contributed by atoms with van der Waals surface area (Å²) in [4.78, 5) is 27.8. The Morgan fingerprint density at radius 2 is 1.50 bits per heavy atom. The molecule has 26 heavy (non-hydrogen) atoms. The molecular weight excluding hydrogens is 324 g/mol. The molecule has 0 spiro atoms. The molecule has 0 bridgehead atoms. The summed E-state index contributed by atoms with van der Waals surface area (Å²) in [7, 11) is 0. The van der Waals surface area contributed by atoms with Crippen LogP contribution in [0, 0.1) is 0 Å². The van der Waals surface area contributed by atoms with Gasteiger partial charge >= 0.3 is 0 Å². The second kappa shape index (κ2) is 9.20. The number of hydrogen-bond acceptors (Lipinski definition) is 2. The molecule has 2 saturated carbocycles. The van der Waals surface area contributed by atoms with Crippen molar-refractivity contribution in [2.75, 3.05) is 0 Å². The SMILES string of the molecule is CC(=O)N(C1CCCCC1)[C@H](C(=O)NC1CCCCC1)c1ccccc1. The molecule has 0 heterocycles. The van der Waals surface area contributed by atoms with Crippen LogP contribution in [-0.2, 0) is 9.59 Å². The van der Waals surface area contributed by atoms with E-state index in [2.05, 4.69) is 5.32 Å². The zero-order chi connectivity index (χ0) is 18.4. The standard InChI is InChI=1S/C22H32N2O2/c1-17(25)24(20-15-9-4-10-16-20)21(18-11-5-2-6-12-18)22(26)23-19-13-7-3-8-14-19/h2,5-6,11-12,19-21H,3-4,7-10,13-16H2,1H3,(H,23,26)/t21-/m0/s1. The maximum Gasteiger partial charge on any atom is 0.247 e. The number of carbonyl (C=O) groups excluding carboxylic acids is 2. The number of hydrogen-bond donors (Lipinski definition) is 1. The minimum absolute atomic E-state index is 0.00421. The molecule has 2 aliphatic carbocycles. The highest BCUT2D eigenvalue weighted by Gasteiger charge is 2.36. The van der Waals surface area contributed by atoms with E-state index < -0.39 is 6.04 Å². The Morgan fingerprint density at radius 3 is 2.08 bits per heavy atom. The second-order valence-electron chi connectivity index (χ2n) is 7.87. The van der Waals surface area contributed by atoms with E-state index in [1.807, 2.05) is 35.2 Å². The third-order valence-corrected chi connectivity index (χ3v) is 5.93. The van der Waals surface area contributed by atoms with E-state index in [0.29, 0.717) is 0 Å². The van der Waals surface area contributed by atoms with E-state index in [9.17, 15) is 9.59 Å². The first-order chi connectivity index (χ1) is 12.7. The number of carbonyl (C=O) groups is 2. The average molecular weight is 357 g/mol. The lowest BCUT2D eigenvalue weighted by Crippen LogP contribution is -2.50. The zero-order valence-corrected chi connectivity index (χ0v) is 16.0. The lowest BCUT2D eigenvalue weighted by Gasteiger charge is -2.39. The average Bonchev–Trinajstić information content (AvgIpc) is 2.67. The molecule has 1 atom stereocenters. The first-order valence-electron chi connectivity index (χ1n) is 10.3. The molecule has 1 aromatic rings. The Labute approximate surface area is 157 Å². The van der Waals surface area contributed by atoms with E-state index in [1.165, 1.54) is 25.7 Å². The third kappa shape index (κ3) is 4.66. The molecule has 4 heteroatoms. The molecule has 0 radical (unpaired) electrons. The fraction of sp³-hybridized carbons (Fsp3) is 0.636. The van der Waals surface area contributed by atoms with Crippen LogP contribution in [0.2, 0.25) is 0 Å². The van der Waals surface area contributed by atoms with Crippen LogP contribution in [0.15, 0.2) is 30.3 Å². The number of nitrogens with one attached hydrogen (secondary N) is 1. The summed E-state index contributed by atoms with van der Waals surface area (Å²) in [5.74, 6) is -0.00609. The fourth-order valence-corrected chi connectivity index (χ4v) is 4.61. The molecule has 142 valence electrons. The van der Waals surface area contributed by atoms with E-state index in [4.69, 9.17) is 0 Å². The molecule has 3 rings (SSSR count). The summed E-state index contributed by atoms with van der Waals surface area (Å²) >= 11 is 0. The van der Waals surface area contributed by atoms with Crippen LogP contribution in [-0.4, -0.2) is 28.8 Å². The summed E-state index contributed by atoms with van der Waals surface area (Å²) in [5, 5.41) is 3.26. The van der Waals surface area contributed by atoms with Crippen LogP contribution in [0.3, 0.4) is 0 Å². The molecule has 1 N–H and O–H groups in total. The topological polar surface area (TPSA) is 49.4 Å². The van der Waals surface area contributed by atoms with Crippen molar-refractivity contribution >= 4 is 11.8 Å². The molecule has 0 unspecified atom stereocenters. The van der Waals surface area contributed by atoms with Gasteiger partial charge < -0.3 is 10.2 Å². The largest absolute Gasteiger partial charge is 0.351 e. The first-order valence-corrected chi connectivity index (χ1v) is 10.3. The van der Waals surface area contributed by atoms with Gasteiger partial charge in [-0.25, -0.2) is 0 Å². The van der Waals surface area contributed by atoms with Gasteiger partial charge in [0.15, 0.2) is 0 Å². The maximum absolute atomic E-state index is 13.3. The van der Waals surface area contributed by atoms with Gasteiger partial charge in [0.05, 0.1) is 0 Å². The van der Waals surface area contributed by atoms with E-state index in [-0.39, 0.29) is 23.9 Å². The van der Waals surface area contributed by atoms with Crippen molar-refractivity contribution in [2.45, 2.75) is 89.3 Å². The quantitative estimate of drug-likeness (QED) is 0.852. The number of rotatable bonds is 5. The minimum Gasteiger partial charge on any atom is -0.351 e. The number of nitrogens with zero attached hydrogens (tertiary/aromatic N) is 1. The summed E-state index contributed by atoms with van der Waals surface area (Å²) in [6, 6.07) is 9.72. The van der Waals surface area contributed by atoms with Crippen molar-refractivity contribution in [3.8, 4) is 0 Å². The Bertz CT molecular complexity index is 589. The van der Waals surface area contributed by atoms with Crippen molar-refractivity contribution < 1.29 is 9.59 Å². The Balaban J connectivity index is 1.85. The van der Waals surface area contributed by atoms with Gasteiger partial charge in [-0.2, -0.15) is 0 Å².